The van der Waals surface area contributed by atoms with Crippen molar-refractivity contribution in [2.45, 2.75) is 6.61 Å². The molecule has 0 saturated carbocycles. The normalized spacial score (nSPS) is 9.83. The van der Waals surface area contributed by atoms with Crippen molar-refractivity contribution in [3.63, 3.8) is 0 Å². The molecule has 0 fully saturated rings. The van der Waals surface area contributed by atoms with E-state index in [9.17, 15) is 4.79 Å². The van der Waals surface area contributed by atoms with Crippen LogP contribution >= 0.6 is 0 Å². The minimum atomic E-state index is -0.620. The number of nitriles is 1. The van der Waals surface area contributed by atoms with E-state index in [1.165, 1.54) is 6.07 Å². The number of hydrogen-bond acceptors (Lipinski definition) is 5. The fraction of sp³-hybridized carbons (Fsp3) is 0.222. The third-order valence-electron chi connectivity index (χ3n) is 3.10. The fourth-order valence-electron chi connectivity index (χ4n) is 1.93. The van der Waals surface area contributed by atoms with Crippen LogP contribution in [0.4, 0.5) is 10.5 Å². The van der Waals surface area contributed by atoms with Crippen LogP contribution in [-0.2, 0) is 16.1 Å². The van der Waals surface area contributed by atoms with Gasteiger partial charge in [-0.25, -0.2) is 4.79 Å². The number of rotatable bonds is 7. The van der Waals surface area contributed by atoms with E-state index in [0.717, 1.165) is 5.56 Å². The van der Waals surface area contributed by atoms with E-state index >= 15 is 0 Å². The lowest BCUT2D eigenvalue weighted by atomic mass is 10.2. The molecule has 0 bridgehead atoms. The summed E-state index contributed by atoms with van der Waals surface area (Å²) < 4.78 is 15.6. The van der Waals surface area contributed by atoms with Gasteiger partial charge in [0.25, 0.3) is 0 Å². The van der Waals surface area contributed by atoms with Crippen LogP contribution in [0.15, 0.2) is 48.5 Å². The Kier molecular flexibility index (Phi) is 6.62. The van der Waals surface area contributed by atoms with Crippen molar-refractivity contribution in [2.75, 3.05) is 25.6 Å². The average Bonchev–Trinajstić information content (AvgIpc) is 2.62. The van der Waals surface area contributed by atoms with Crippen molar-refractivity contribution >= 4 is 11.8 Å². The SMILES string of the molecule is COCCOc1ccc(C#N)cc1NC(=O)OCc1ccccc1. The largest absolute Gasteiger partial charge is 0.489 e. The van der Waals surface area contributed by atoms with Crippen molar-refractivity contribution in [1.82, 2.24) is 0 Å². The molecule has 0 aromatic heterocycles. The van der Waals surface area contributed by atoms with Crippen LogP contribution in [0.25, 0.3) is 0 Å². The van der Waals surface area contributed by atoms with E-state index in [0.29, 0.717) is 30.2 Å². The van der Waals surface area contributed by atoms with Crippen LogP contribution in [0.3, 0.4) is 0 Å². The molecule has 0 heterocycles. The highest BCUT2D eigenvalue weighted by molar-refractivity contribution is 5.87. The topological polar surface area (TPSA) is 80.6 Å². The Bertz CT molecular complexity index is 711. The number of ether oxygens (including phenoxy) is 3. The molecule has 0 spiro atoms. The summed E-state index contributed by atoms with van der Waals surface area (Å²) in [5.74, 6) is 0.447. The predicted octanol–water partition coefficient (Wildman–Crippen LogP) is 3.33. The van der Waals surface area contributed by atoms with Crippen molar-refractivity contribution in [3.05, 3.63) is 59.7 Å². The van der Waals surface area contributed by atoms with Gasteiger partial charge in [0, 0.05) is 7.11 Å². The molecule has 0 unspecified atom stereocenters. The summed E-state index contributed by atoms with van der Waals surface area (Å²) in [7, 11) is 1.57. The Balaban J connectivity index is 2.00. The molecular formula is C18H18N2O4. The van der Waals surface area contributed by atoms with Crippen molar-refractivity contribution in [1.29, 1.82) is 5.26 Å². The number of amides is 1. The molecule has 2 rings (SSSR count). The molecule has 1 amide bonds. The molecule has 2 aromatic carbocycles. The molecule has 6 heteroatoms. The lowest BCUT2D eigenvalue weighted by Crippen LogP contribution is -2.15. The van der Waals surface area contributed by atoms with Crippen molar-refractivity contribution in [2.24, 2.45) is 0 Å². The molecule has 0 atom stereocenters. The highest BCUT2D eigenvalue weighted by Crippen LogP contribution is 2.26. The third-order valence-corrected chi connectivity index (χ3v) is 3.10. The molecule has 124 valence electrons. The van der Waals surface area contributed by atoms with Crippen LogP contribution in [0, 0.1) is 11.3 Å². The standard InChI is InChI=1S/C18H18N2O4/c1-22-9-10-23-17-8-7-15(12-19)11-16(17)20-18(21)24-13-14-5-3-2-4-6-14/h2-8,11H,9-10,13H2,1H3,(H,20,21). The maximum absolute atomic E-state index is 12.0. The molecule has 0 radical (unpaired) electrons. The third kappa shape index (κ3) is 5.30. The van der Waals surface area contributed by atoms with Gasteiger partial charge < -0.3 is 14.2 Å². The molecule has 2 aromatic rings. The second kappa shape index (κ2) is 9.18. The van der Waals surface area contributed by atoms with Gasteiger partial charge in [0.2, 0.25) is 0 Å². The second-order valence-electron chi connectivity index (χ2n) is 4.85. The number of carbonyl (C=O) groups excluding carboxylic acids is 1. The van der Waals surface area contributed by atoms with E-state index in [1.54, 1.807) is 19.2 Å². The molecule has 6 nitrogen and oxygen atoms in total. The van der Waals surface area contributed by atoms with Gasteiger partial charge in [0.1, 0.15) is 19.0 Å². The fourth-order valence-corrected chi connectivity index (χ4v) is 1.93. The van der Waals surface area contributed by atoms with Crippen LogP contribution in [0.2, 0.25) is 0 Å². The van der Waals surface area contributed by atoms with Gasteiger partial charge in [-0.1, -0.05) is 30.3 Å². The van der Waals surface area contributed by atoms with E-state index in [1.807, 2.05) is 36.4 Å². The van der Waals surface area contributed by atoms with Crippen LogP contribution in [0.1, 0.15) is 11.1 Å². The van der Waals surface area contributed by atoms with Gasteiger partial charge >= 0.3 is 6.09 Å². The first kappa shape index (κ1) is 17.3. The first-order valence-electron chi connectivity index (χ1n) is 7.36. The summed E-state index contributed by atoms with van der Waals surface area (Å²) in [4.78, 5) is 12.0. The molecule has 1 N–H and O–H groups in total. The Labute approximate surface area is 140 Å². The predicted molar refractivity (Wildman–Crippen MR) is 88.8 cm³/mol. The highest BCUT2D eigenvalue weighted by Gasteiger charge is 2.10. The van der Waals surface area contributed by atoms with Crippen molar-refractivity contribution in [3.8, 4) is 11.8 Å². The highest BCUT2D eigenvalue weighted by atomic mass is 16.5. The zero-order chi connectivity index (χ0) is 17.2. The first-order valence-corrected chi connectivity index (χ1v) is 7.36. The number of methoxy groups -OCH3 is 1. The summed E-state index contributed by atoms with van der Waals surface area (Å²) in [6.45, 7) is 0.901. The summed E-state index contributed by atoms with van der Waals surface area (Å²) >= 11 is 0. The maximum atomic E-state index is 12.0. The van der Waals surface area contributed by atoms with E-state index in [4.69, 9.17) is 19.5 Å². The zero-order valence-electron chi connectivity index (χ0n) is 13.3. The van der Waals surface area contributed by atoms with Gasteiger partial charge in [-0.15, -0.1) is 0 Å². The quantitative estimate of drug-likeness (QED) is 0.789. The Morgan fingerprint density at radius 2 is 1.96 bits per heavy atom. The summed E-state index contributed by atoms with van der Waals surface area (Å²) in [5, 5.41) is 11.6. The van der Waals surface area contributed by atoms with E-state index < -0.39 is 6.09 Å². The zero-order valence-corrected chi connectivity index (χ0v) is 13.3. The molecule has 0 aliphatic carbocycles. The summed E-state index contributed by atoms with van der Waals surface area (Å²) in [6.07, 6.45) is -0.620. The number of carbonyl (C=O) groups is 1. The first-order chi connectivity index (χ1) is 11.7. The lowest BCUT2D eigenvalue weighted by Gasteiger charge is -2.13. The number of benzene rings is 2. The maximum Gasteiger partial charge on any atom is 0.412 e. The minimum absolute atomic E-state index is 0.157. The Hall–Kier alpha value is -3.04. The number of hydrogen-bond donors (Lipinski definition) is 1. The summed E-state index contributed by atoms with van der Waals surface area (Å²) in [5.41, 5.74) is 1.67. The van der Waals surface area contributed by atoms with Crippen LogP contribution in [0.5, 0.6) is 5.75 Å². The van der Waals surface area contributed by atoms with Gasteiger partial charge in [-0.2, -0.15) is 5.26 Å². The van der Waals surface area contributed by atoms with Crippen molar-refractivity contribution < 1.29 is 19.0 Å². The van der Waals surface area contributed by atoms with Crippen LogP contribution in [-0.4, -0.2) is 26.4 Å². The monoisotopic (exact) mass is 326 g/mol. The molecule has 0 saturated heterocycles. The van der Waals surface area contributed by atoms with E-state index in [-0.39, 0.29) is 6.61 Å². The Morgan fingerprint density at radius 3 is 2.67 bits per heavy atom. The summed E-state index contributed by atoms with van der Waals surface area (Å²) in [6, 6.07) is 16.2. The molecule has 24 heavy (non-hydrogen) atoms. The molecular weight excluding hydrogens is 308 g/mol. The second-order valence-corrected chi connectivity index (χ2v) is 4.85. The van der Waals surface area contributed by atoms with Gasteiger partial charge in [-0.05, 0) is 23.8 Å². The molecule has 0 aliphatic rings. The molecule has 0 aliphatic heterocycles. The van der Waals surface area contributed by atoms with Gasteiger partial charge in [0.15, 0.2) is 0 Å². The van der Waals surface area contributed by atoms with Gasteiger partial charge in [0.05, 0.1) is 23.9 Å². The number of nitrogens with zero attached hydrogens (tertiary/aromatic N) is 1. The Morgan fingerprint density at radius 1 is 1.17 bits per heavy atom. The number of nitrogens with one attached hydrogen (secondary N) is 1. The smallest absolute Gasteiger partial charge is 0.412 e. The number of anilines is 1. The average molecular weight is 326 g/mol. The minimum Gasteiger partial charge on any atom is -0.489 e. The van der Waals surface area contributed by atoms with E-state index in [2.05, 4.69) is 5.32 Å². The van der Waals surface area contributed by atoms with Gasteiger partial charge in [-0.3, -0.25) is 5.32 Å². The van der Waals surface area contributed by atoms with Crippen LogP contribution < -0.4 is 10.1 Å². The lowest BCUT2D eigenvalue weighted by molar-refractivity contribution is 0.146.